The molecule has 1 unspecified atom stereocenters. The van der Waals surface area contributed by atoms with Gasteiger partial charge in [-0.3, -0.25) is 9.71 Å². The van der Waals surface area contributed by atoms with Crippen molar-refractivity contribution in [2.24, 2.45) is 4.99 Å². The van der Waals surface area contributed by atoms with Crippen LogP contribution in [0.2, 0.25) is 5.02 Å². The Bertz CT molecular complexity index is 917. The first-order valence-electron chi connectivity index (χ1n) is 7.51. The molecule has 2 aromatic rings. The van der Waals surface area contributed by atoms with Gasteiger partial charge < -0.3 is 0 Å². The van der Waals surface area contributed by atoms with Crippen LogP contribution < -0.4 is 4.72 Å². The number of hydrogen-bond donors (Lipinski definition) is 1. The van der Waals surface area contributed by atoms with E-state index in [1.807, 2.05) is 37.3 Å². The normalized spacial score (nSPS) is 19.4. The van der Waals surface area contributed by atoms with Crippen LogP contribution in [0.5, 0.6) is 0 Å². The van der Waals surface area contributed by atoms with E-state index in [2.05, 4.69) is 9.71 Å². The van der Waals surface area contributed by atoms with Gasteiger partial charge in [0.15, 0.2) is 0 Å². The van der Waals surface area contributed by atoms with Crippen molar-refractivity contribution < 1.29 is 8.42 Å². The molecule has 0 amide bonds. The van der Waals surface area contributed by atoms with Crippen molar-refractivity contribution in [3.8, 4) is 0 Å². The number of halogens is 1. The molecule has 0 aliphatic carbocycles. The summed E-state index contributed by atoms with van der Waals surface area (Å²) < 4.78 is 27.6. The molecule has 0 spiro atoms. The Morgan fingerprint density at radius 2 is 1.67 bits per heavy atom. The van der Waals surface area contributed by atoms with Crippen LogP contribution in [-0.2, 0) is 10.0 Å². The Kier molecular flexibility index (Phi) is 4.47. The summed E-state index contributed by atoms with van der Waals surface area (Å²) in [7, 11) is -3.62. The average molecular weight is 361 g/mol. The van der Waals surface area contributed by atoms with Gasteiger partial charge in [0.1, 0.15) is 10.7 Å². The number of nitrogens with zero attached hydrogens (tertiary/aromatic N) is 1. The zero-order valence-electron chi connectivity index (χ0n) is 13.3. The molecule has 0 saturated heterocycles. The molecule has 24 heavy (non-hydrogen) atoms. The van der Waals surface area contributed by atoms with Gasteiger partial charge in [-0.1, -0.05) is 54.1 Å². The fourth-order valence-corrected chi connectivity index (χ4v) is 4.29. The molecule has 1 N–H and O–H groups in total. The molecule has 4 nitrogen and oxygen atoms in total. The molecule has 0 aromatic heterocycles. The lowest BCUT2D eigenvalue weighted by atomic mass is 10.1. The van der Waals surface area contributed by atoms with Crippen molar-refractivity contribution in [1.82, 2.24) is 4.72 Å². The second-order valence-electron chi connectivity index (χ2n) is 5.63. The smallest absolute Gasteiger partial charge is 0.263 e. The van der Waals surface area contributed by atoms with Crippen LogP contribution in [0.15, 0.2) is 65.2 Å². The largest absolute Gasteiger partial charge is 0.264 e. The van der Waals surface area contributed by atoms with Crippen molar-refractivity contribution in [3.63, 3.8) is 0 Å². The Morgan fingerprint density at radius 1 is 1.04 bits per heavy atom. The maximum atomic E-state index is 12.5. The van der Waals surface area contributed by atoms with Crippen LogP contribution in [0.1, 0.15) is 31.0 Å². The molecule has 0 radical (unpaired) electrons. The number of hydrogen-bond acceptors (Lipinski definition) is 3. The van der Waals surface area contributed by atoms with Crippen LogP contribution in [0.25, 0.3) is 4.91 Å². The van der Waals surface area contributed by atoms with Gasteiger partial charge in [0, 0.05) is 10.6 Å². The van der Waals surface area contributed by atoms with Crippen molar-refractivity contribution in [1.29, 1.82) is 0 Å². The summed E-state index contributed by atoms with van der Waals surface area (Å²) in [5, 5.41) is 0.562. The maximum absolute atomic E-state index is 12.5. The molecular weight excluding hydrogens is 344 g/mol. The molecule has 1 aliphatic heterocycles. The quantitative estimate of drug-likeness (QED) is 0.893. The van der Waals surface area contributed by atoms with Crippen LogP contribution in [-0.4, -0.2) is 14.3 Å². The number of nitrogens with one attached hydrogen (secondary N) is 1. The van der Waals surface area contributed by atoms with E-state index < -0.39 is 10.0 Å². The summed E-state index contributed by atoms with van der Waals surface area (Å²) in [6.45, 7) is 3.70. The first kappa shape index (κ1) is 16.7. The van der Waals surface area contributed by atoms with Gasteiger partial charge in [-0.05, 0) is 37.1 Å². The summed E-state index contributed by atoms with van der Waals surface area (Å²) >= 11 is 5.89. The third-order valence-electron chi connectivity index (χ3n) is 3.91. The second kappa shape index (κ2) is 6.42. The highest BCUT2D eigenvalue weighted by molar-refractivity contribution is 8.00. The Hall–Kier alpha value is -2.11. The van der Waals surface area contributed by atoms with Gasteiger partial charge in [0.05, 0.1) is 6.04 Å². The number of aliphatic imine (C=N–C) groups is 1. The molecule has 0 bridgehead atoms. The zero-order chi connectivity index (χ0) is 17.3. The van der Waals surface area contributed by atoms with E-state index in [1.54, 1.807) is 31.2 Å². The van der Waals surface area contributed by atoms with Crippen molar-refractivity contribution in [2.75, 3.05) is 0 Å². The lowest BCUT2D eigenvalue weighted by Gasteiger charge is -2.08. The molecule has 6 heteroatoms. The van der Waals surface area contributed by atoms with E-state index in [9.17, 15) is 8.42 Å². The van der Waals surface area contributed by atoms with E-state index in [0.29, 0.717) is 22.0 Å². The first-order valence-corrected chi connectivity index (χ1v) is 9.37. The van der Waals surface area contributed by atoms with Crippen molar-refractivity contribution >= 4 is 32.4 Å². The van der Waals surface area contributed by atoms with Crippen LogP contribution >= 0.6 is 11.6 Å². The van der Waals surface area contributed by atoms with E-state index >= 15 is 0 Å². The van der Waals surface area contributed by atoms with Gasteiger partial charge in [-0.15, -0.1) is 0 Å². The fourth-order valence-electron chi connectivity index (χ4n) is 2.66. The summed E-state index contributed by atoms with van der Waals surface area (Å²) in [6.07, 6.45) is 0. The van der Waals surface area contributed by atoms with E-state index in [4.69, 9.17) is 11.6 Å². The molecule has 1 atom stereocenters. The lowest BCUT2D eigenvalue weighted by molar-refractivity contribution is 0.603. The number of benzene rings is 2. The zero-order valence-corrected chi connectivity index (χ0v) is 14.9. The predicted molar refractivity (Wildman–Crippen MR) is 98.4 cm³/mol. The molecular formula is C18H17ClN2O2S. The topological polar surface area (TPSA) is 58.5 Å². The van der Waals surface area contributed by atoms with E-state index in [1.165, 1.54) is 0 Å². The molecule has 0 saturated carbocycles. The van der Waals surface area contributed by atoms with Gasteiger partial charge in [-0.2, -0.15) is 0 Å². The molecule has 124 valence electrons. The minimum absolute atomic E-state index is 0.150. The highest BCUT2D eigenvalue weighted by Crippen LogP contribution is 2.31. The summed E-state index contributed by atoms with van der Waals surface area (Å²) in [6, 6.07) is 16.3. The third kappa shape index (κ3) is 3.23. The highest BCUT2D eigenvalue weighted by atomic mass is 35.5. The standard InChI is InChI=1S/C18H17ClN2O2S/c1-12-17(15-8-10-16(19)11-9-15)24(22,23)21-18(12)20-13(2)14-6-4-3-5-7-14/h3-11,13H,1-2H3,(H,20,21). The first-order chi connectivity index (χ1) is 11.4. The minimum Gasteiger partial charge on any atom is -0.263 e. The summed E-state index contributed by atoms with van der Waals surface area (Å²) in [5.41, 5.74) is 2.24. The Balaban J connectivity index is 2.03. The molecule has 2 aromatic carbocycles. The molecule has 1 heterocycles. The molecule has 0 fully saturated rings. The Morgan fingerprint density at radius 3 is 2.29 bits per heavy atom. The third-order valence-corrected chi connectivity index (χ3v) is 5.70. The number of sulfonamides is 1. The van der Waals surface area contributed by atoms with Gasteiger partial charge >= 0.3 is 0 Å². The Labute approximate surface area is 146 Å². The van der Waals surface area contributed by atoms with E-state index in [-0.39, 0.29) is 10.9 Å². The van der Waals surface area contributed by atoms with Crippen LogP contribution in [0.4, 0.5) is 0 Å². The summed E-state index contributed by atoms with van der Waals surface area (Å²) in [4.78, 5) is 4.81. The average Bonchev–Trinajstić information content (AvgIpc) is 2.78. The lowest BCUT2D eigenvalue weighted by Crippen LogP contribution is -2.24. The monoisotopic (exact) mass is 360 g/mol. The van der Waals surface area contributed by atoms with Gasteiger partial charge in [-0.25, -0.2) is 8.42 Å². The predicted octanol–water partition coefficient (Wildman–Crippen LogP) is 4.16. The van der Waals surface area contributed by atoms with Crippen molar-refractivity contribution in [2.45, 2.75) is 19.9 Å². The van der Waals surface area contributed by atoms with Crippen LogP contribution in [0, 0.1) is 0 Å². The minimum atomic E-state index is -3.62. The molecule has 3 rings (SSSR count). The SMILES string of the molecule is CC1=C(c2ccc(Cl)cc2)S(=O)(=O)NC1=NC(C)c1ccccc1. The highest BCUT2D eigenvalue weighted by Gasteiger charge is 2.32. The second-order valence-corrected chi connectivity index (χ2v) is 7.69. The maximum Gasteiger partial charge on any atom is 0.264 e. The van der Waals surface area contributed by atoms with Crippen molar-refractivity contribution in [3.05, 3.63) is 76.3 Å². The van der Waals surface area contributed by atoms with Gasteiger partial charge in [0.25, 0.3) is 10.0 Å². The number of rotatable bonds is 3. The molecule has 1 aliphatic rings. The summed E-state index contributed by atoms with van der Waals surface area (Å²) in [5.74, 6) is 0.385. The van der Waals surface area contributed by atoms with Gasteiger partial charge in [0.2, 0.25) is 0 Å². The van der Waals surface area contributed by atoms with Crippen LogP contribution in [0.3, 0.4) is 0 Å². The van der Waals surface area contributed by atoms with E-state index in [0.717, 1.165) is 5.56 Å². The number of amidine groups is 1. The fraction of sp³-hybridized carbons (Fsp3) is 0.167.